The van der Waals surface area contributed by atoms with E-state index in [1.54, 1.807) is 30.8 Å². The van der Waals surface area contributed by atoms with Gasteiger partial charge in [-0.1, -0.05) is 0 Å². The Morgan fingerprint density at radius 2 is 2.00 bits per heavy atom. The van der Waals surface area contributed by atoms with Crippen LogP contribution >= 0.6 is 0 Å². The minimum absolute atomic E-state index is 0.0826. The van der Waals surface area contributed by atoms with Gasteiger partial charge >= 0.3 is 5.97 Å². The van der Waals surface area contributed by atoms with Crippen molar-refractivity contribution in [2.45, 2.75) is 0 Å². The van der Waals surface area contributed by atoms with Crippen LogP contribution < -0.4 is 9.47 Å². The van der Waals surface area contributed by atoms with Crippen molar-refractivity contribution in [3.05, 3.63) is 24.0 Å². The Labute approximate surface area is 107 Å². The first-order chi connectivity index (χ1) is 9.13. The van der Waals surface area contributed by atoms with Crippen molar-refractivity contribution in [2.75, 3.05) is 14.2 Å². The molecule has 0 atom stereocenters. The lowest BCUT2D eigenvalue weighted by atomic mass is 10.2. The predicted octanol–water partition coefficient (Wildman–Crippen LogP) is 1.53. The van der Waals surface area contributed by atoms with Crippen molar-refractivity contribution >= 4 is 22.8 Å². The Balaban J connectivity index is 2.32. The van der Waals surface area contributed by atoms with Gasteiger partial charge in [-0.15, -0.1) is 0 Å². The number of methoxy groups -OCH3 is 2. The summed E-state index contributed by atoms with van der Waals surface area (Å²) >= 11 is 0. The number of carbonyl (C=O) groups is 1. The summed E-state index contributed by atoms with van der Waals surface area (Å²) in [6.07, 6.45) is 1.49. The van der Waals surface area contributed by atoms with Crippen molar-refractivity contribution < 1.29 is 19.4 Å². The van der Waals surface area contributed by atoms with E-state index in [0.717, 1.165) is 5.52 Å². The third kappa shape index (κ3) is 1.59. The maximum Gasteiger partial charge on any atom is 0.353 e. The Kier molecular flexibility index (Phi) is 2.34. The molecule has 7 heteroatoms. The quantitative estimate of drug-likeness (QED) is 0.746. The van der Waals surface area contributed by atoms with E-state index in [4.69, 9.17) is 14.6 Å². The molecular formula is C12H11N3O4. The van der Waals surface area contributed by atoms with Crippen molar-refractivity contribution in [1.82, 2.24) is 14.4 Å². The summed E-state index contributed by atoms with van der Waals surface area (Å²) in [5.41, 5.74) is 1.52. The summed E-state index contributed by atoms with van der Waals surface area (Å²) in [6, 6.07) is 3.50. The molecule has 0 radical (unpaired) electrons. The van der Waals surface area contributed by atoms with Gasteiger partial charge in [-0.05, 0) is 0 Å². The molecular weight excluding hydrogens is 250 g/mol. The highest BCUT2D eigenvalue weighted by molar-refractivity contribution is 5.89. The van der Waals surface area contributed by atoms with Crippen LogP contribution in [0.15, 0.2) is 18.3 Å². The first-order valence-corrected chi connectivity index (χ1v) is 5.50. The standard InChI is InChI=1S/C12H11N3O4/c1-18-9-3-6-8(4-10(9)19-2)15-5-7(11(16)17)14-12(15)13-6/h3-5H,1-2H3,(H,13,14)(H,16,17). The van der Waals surface area contributed by atoms with E-state index in [9.17, 15) is 4.79 Å². The molecule has 7 nitrogen and oxygen atoms in total. The third-order valence-electron chi connectivity index (χ3n) is 2.93. The predicted molar refractivity (Wildman–Crippen MR) is 67.1 cm³/mol. The van der Waals surface area contributed by atoms with Gasteiger partial charge in [0.05, 0.1) is 25.3 Å². The molecule has 0 aliphatic rings. The summed E-state index contributed by atoms with van der Waals surface area (Å²) in [5, 5.41) is 8.94. The SMILES string of the molecule is COc1cc2nc3[nH]c(C(=O)O)cn3c2cc1OC. The Morgan fingerprint density at radius 3 is 2.63 bits per heavy atom. The lowest BCUT2D eigenvalue weighted by molar-refractivity contribution is 0.0691. The third-order valence-corrected chi connectivity index (χ3v) is 2.93. The number of fused-ring (bicyclic) bond motifs is 3. The number of imidazole rings is 2. The lowest BCUT2D eigenvalue weighted by Gasteiger charge is -2.06. The fourth-order valence-electron chi connectivity index (χ4n) is 2.03. The largest absolute Gasteiger partial charge is 0.493 e. The number of nitrogens with zero attached hydrogens (tertiary/aromatic N) is 2. The van der Waals surface area contributed by atoms with E-state index in [1.165, 1.54) is 6.20 Å². The monoisotopic (exact) mass is 261 g/mol. The average molecular weight is 261 g/mol. The summed E-state index contributed by atoms with van der Waals surface area (Å²) < 4.78 is 12.1. The van der Waals surface area contributed by atoms with Gasteiger partial charge in [0.15, 0.2) is 11.5 Å². The fraction of sp³-hybridized carbons (Fsp3) is 0.167. The molecule has 3 rings (SSSR count). The van der Waals surface area contributed by atoms with Crippen LogP contribution in [0.4, 0.5) is 0 Å². The van der Waals surface area contributed by atoms with Crippen LogP contribution in [0, 0.1) is 0 Å². The highest BCUT2D eigenvalue weighted by Crippen LogP contribution is 2.32. The van der Waals surface area contributed by atoms with Crippen LogP contribution in [-0.2, 0) is 0 Å². The van der Waals surface area contributed by atoms with Gasteiger partial charge in [-0.25, -0.2) is 9.78 Å². The number of H-pyrrole nitrogens is 1. The molecule has 2 aromatic heterocycles. The van der Waals surface area contributed by atoms with Crippen molar-refractivity contribution in [2.24, 2.45) is 0 Å². The van der Waals surface area contributed by atoms with Crippen molar-refractivity contribution in [3.8, 4) is 11.5 Å². The number of carboxylic acids is 1. The van der Waals surface area contributed by atoms with E-state index in [0.29, 0.717) is 22.8 Å². The van der Waals surface area contributed by atoms with Gasteiger partial charge in [0.2, 0.25) is 5.78 Å². The molecule has 0 unspecified atom stereocenters. The molecule has 3 aromatic rings. The van der Waals surface area contributed by atoms with Crippen LogP contribution in [-0.4, -0.2) is 39.7 Å². The van der Waals surface area contributed by atoms with Crippen molar-refractivity contribution in [1.29, 1.82) is 0 Å². The molecule has 0 saturated carbocycles. The molecule has 0 aliphatic heterocycles. The molecule has 19 heavy (non-hydrogen) atoms. The number of hydrogen-bond acceptors (Lipinski definition) is 4. The number of ether oxygens (including phenoxy) is 2. The van der Waals surface area contributed by atoms with Gasteiger partial charge in [0.25, 0.3) is 0 Å². The van der Waals surface area contributed by atoms with E-state index >= 15 is 0 Å². The molecule has 0 fully saturated rings. The second kappa shape index (κ2) is 3.91. The average Bonchev–Trinajstić information content (AvgIpc) is 2.94. The number of aromatic amines is 1. The Morgan fingerprint density at radius 1 is 1.32 bits per heavy atom. The number of aromatic nitrogens is 3. The first-order valence-electron chi connectivity index (χ1n) is 5.50. The molecule has 0 amide bonds. The number of aromatic carboxylic acids is 1. The van der Waals surface area contributed by atoms with Crippen LogP contribution in [0.2, 0.25) is 0 Å². The van der Waals surface area contributed by atoms with E-state index in [1.807, 2.05) is 0 Å². The zero-order valence-electron chi connectivity index (χ0n) is 10.3. The first kappa shape index (κ1) is 11.4. The number of carboxylic acid groups (broad SMARTS) is 1. The molecule has 0 spiro atoms. The highest BCUT2D eigenvalue weighted by atomic mass is 16.5. The lowest BCUT2D eigenvalue weighted by Crippen LogP contribution is -1.95. The highest BCUT2D eigenvalue weighted by Gasteiger charge is 2.15. The Bertz CT molecular complexity index is 787. The van der Waals surface area contributed by atoms with Crippen molar-refractivity contribution in [3.63, 3.8) is 0 Å². The van der Waals surface area contributed by atoms with Crippen LogP contribution in [0.3, 0.4) is 0 Å². The van der Waals surface area contributed by atoms with Crippen LogP contribution in [0.5, 0.6) is 11.5 Å². The normalized spacial score (nSPS) is 11.1. The minimum atomic E-state index is -1.03. The summed E-state index contributed by atoms with van der Waals surface area (Å²) in [5.74, 6) is 0.575. The Hall–Kier alpha value is -2.70. The second-order valence-corrected chi connectivity index (χ2v) is 3.97. The zero-order valence-corrected chi connectivity index (χ0v) is 10.3. The number of hydrogen-bond donors (Lipinski definition) is 2. The van der Waals surface area contributed by atoms with Crippen LogP contribution in [0.1, 0.15) is 10.5 Å². The van der Waals surface area contributed by atoms with E-state index in [-0.39, 0.29) is 5.69 Å². The molecule has 0 saturated heterocycles. The zero-order chi connectivity index (χ0) is 13.6. The van der Waals surface area contributed by atoms with Gasteiger partial charge < -0.3 is 19.6 Å². The number of benzene rings is 1. The van der Waals surface area contributed by atoms with E-state index < -0.39 is 5.97 Å². The maximum absolute atomic E-state index is 10.9. The van der Waals surface area contributed by atoms with Gasteiger partial charge in [0.1, 0.15) is 5.69 Å². The number of nitrogens with one attached hydrogen (secondary N) is 1. The molecule has 0 aliphatic carbocycles. The smallest absolute Gasteiger partial charge is 0.353 e. The minimum Gasteiger partial charge on any atom is -0.493 e. The van der Waals surface area contributed by atoms with E-state index in [2.05, 4.69) is 9.97 Å². The fourth-order valence-corrected chi connectivity index (χ4v) is 2.03. The maximum atomic E-state index is 10.9. The van der Waals surface area contributed by atoms with Gasteiger partial charge in [-0.2, -0.15) is 0 Å². The molecule has 2 N–H and O–H groups in total. The molecule has 0 bridgehead atoms. The summed E-state index contributed by atoms with van der Waals surface area (Å²) in [6.45, 7) is 0. The summed E-state index contributed by atoms with van der Waals surface area (Å²) in [7, 11) is 3.09. The van der Waals surface area contributed by atoms with Crippen LogP contribution in [0.25, 0.3) is 16.8 Å². The molecule has 98 valence electrons. The molecule has 2 heterocycles. The summed E-state index contributed by atoms with van der Waals surface area (Å²) in [4.78, 5) is 18.0. The topological polar surface area (TPSA) is 88.8 Å². The van der Waals surface area contributed by atoms with Gasteiger partial charge in [0, 0.05) is 18.3 Å². The number of rotatable bonds is 3. The molecule has 1 aromatic carbocycles. The second-order valence-electron chi connectivity index (χ2n) is 3.97. The van der Waals surface area contributed by atoms with Gasteiger partial charge in [-0.3, -0.25) is 4.40 Å².